The van der Waals surface area contributed by atoms with E-state index in [1.807, 2.05) is 0 Å². The van der Waals surface area contributed by atoms with E-state index in [4.69, 9.17) is 10.5 Å². The Balaban J connectivity index is 3.27. The molecule has 0 spiro atoms. The van der Waals surface area contributed by atoms with Crippen LogP contribution in [-0.2, 0) is 5.33 Å². The van der Waals surface area contributed by atoms with Crippen LogP contribution in [0.4, 0.5) is 14.5 Å². The van der Waals surface area contributed by atoms with E-state index in [1.165, 1.54) is 13.2 Å². The lowest BCUT2D eigenvalue weighted by molar-refractivity contribution is 0.146. The fourth-order valence-electron chi connectivity index (χ4n) is 1.01. The van der Waals surface area contributed by atoms with Crippen molar-refractivity contribution in [2.24, 2.45) is 0 Å². The second kappa shape index (κ2) is 4.54. The quantitative estimate of drug-likeness (QED) is 0.856. The van der Waals surface area contributed by atoms with Gasteiger partial charge in [0.1, 0.15) is 17.1 Å². The third-order valence-corrected chi connectivity index (χ3v) is 2.24. The highest BCUT2D eigenvalue weighted by atomic mass is 79.9. The number of hydrogen-bond donors (Lipinski definition) is 1. The Morgan fingerprint density at radius 2 is 2.29 bits per heavy atom. The number of rotatable bonds is 3. The predicted molar refractivity (Wildman–Crippen MR) is 52.8 cm³/mol. The molecule has 2 N–H and O–H groups in total. The van der Waals surface area contributed by atoms with Crippen molar-refractivity contribution in [3.63, 3.8) is 0 Å². The topological polar surface area (TPSA) is 48.1 Å². The Hall–Kier alpha value is -0.910. The van der Waals surface area contributed by atoms with Gasteiger partial charge in [0.15, 0.2) is 0 Å². The van der Waals surface area contributed by atoms with Gasteiger partial charge in [0, 0.05) is 11.4 Å². The molecule has 0 atom stereocenters. The van der Waals surface area contributed by atoms with Gasteiger partial charge in [-0.15, -0.1) is 0 Å². The minimum absolute atomic E-state index is 0.104. The third kappa shape index (κ3) is 2.12. The fourth-order valence-corrected chi connectivity index (χ4v) is 1.29. The van der Waals surface area contributed by atoms with Crippen molar-refractivity contribution in [3.8, 4) is 5.75 Å². The van der Waals surface area contributed by atoms with Crippen LogP contribution in [-0.4, -0.2) is 12.1 Å². The van der Waals surface area contributed by atoms with Gasteiger partial charge < -0.3 is 10.5 Å². The van der Waals surface area contributed by atoms with Gasteiger partial charge in [-0.3, -0.25) is 0 Å². The molecule has 3 nitrogen and oxygen atoms in total. The van der Waals surface area contributed by atoms with Crippen molar-refractivity contribution >= 4 is 21.6 Å². The number of aromatic nitrogens is 1. The van der Waals surface area contributed by atoms with E-state index in [9.17, 15) is 8.78 Å². The SMILES string of the molecule is COc1cc(CBr)nc(C(F)F)c1N. The first-order valence-electron chi connectivity index (χ1n) is 3.77. The zero-order valence-electron chi connectivity index (χ0n) is 7.43. The van der Waals surface area contributed by atoms with Gasteiger partial charge in [0.25, 0.3) is 6.43 Å². The van der Waals surface area contributed by atoms with Crippen LogP contribution < -0.4 is 10.5 Å². The number of pyridine rings is 1. The molecule has 0 aliphatic carbocycles. The molecule has 0 fully saturated rings. The highest BCUT2D eigenvalue weighted by Gasteiger charge is 2.17. The minimum Gasteiger partial charge on any atom is -0.494 e. The zero-order chi connectivity index (χ0) is 10.7. The largest absolute Gasteiger partial charge is 0.494 e. The normalized spacial score (nSPS) is 10.6. The first-order chi connectivity index (χ1) is 6.60. The summed E-state index contributed by atoms with van der Waals surface area (Å²) >= 11 is 3.12. The van der Waals surface area contributed by atoms with Gasteiger partial charge in [-0.25, -0.2) is 13.8 Å². The van der Waals surface area contributed by atoms with E-state index >= 15 is 0 Å². The second-order valence-electron chi connectivity index (χ2n) is 2.55. The number of nitrogen functional groups attached to an aromatic ring is 1. The summed E-state index contributed by atoms with van der Waals surface area (Å²) in [6.07, 6.45) is -2.69. The van der Waals surface area contributed by atoms with Crippen LogP contribution in [0.15, 0.2) is 6.07 Å². The molecule has 1 aromatic rings. The van der Waals surface area contributed by atoms with Crippen LogP contribution in [0.5, 0.6) is 5.75 Å². The van der Waals surface area contributed by atoms with Crippen molar-refractivity contribution in [1.29, 1.82) is 0 Å². The van der Waals surface area contributed by atoms with E-state index in [-0.39, 0.29) is 11.4 Å². The molecule has 0 unspecified atom stereocenters. The van der Waals surface area contributed by atoms with E-state index < -0.39 is 12.1 Å². The number of anilines is 1. The molecular formula is C8H9BrF2N2O. The monoisotopic (exact) mass is 266 g/mol. The van der Waals surface area contributed by atoms with Crippen LogP contribution in [0, 0.1) is 0 Å². The van der Waals surface area contributed by atoms with Crippen molar-refractivity contribution in [2.75, 3.05) is 12.8 Å². The Morgan fingerprint density at radius 3 is 2.71 bits per heavy atom. The molecule has 0 bridgehead atoms. The lowest BCUT2D eigenvalue weighted by Crippen LogP contribution is -2.04. The first-order valence-corrected chi connectivity index (χ1v) is 4.89. The number of hydrogen-bond acceptors (Lipinski definition) is 3. The highest BCUT2D eigenvalue weighted by molar-refractivity contribution is 9.08. The van der Waals surface area contributed by atoms with E-state index in [2.05, 4.69) is 20.9 Å². The average molecular weight is 267 g/mol. The Labute approximate surface area is 88.4 Å². The Morgan fingerprint density at radius 1 is 1.64 bits per heavy atom. The van der Waals surface area contributed by atoms with Gasteiger partial charge in [-0.2, -0.15) is 0 Å². The number of ether oxygens (including phenoxy) is 1. The van der Waals surface area contributed by atoms with Gasteiger partial charge in [0.05, 0.1) is 12.8 Å². The van der Waals surface area contributed by atoms with E-state index in [0.717, 1.165) is 0 Å². The smallest absolute Gasteiger partial charge is 0.282 e. The van der Waals surface area contributed by atoms with Crippen molar-refractivity contribution < 1.29 is 13.5 Å². The molecule has 0 aliphatic heterocycles. The van der Waals surface area contributed by atoms with E-state index in [1.54, 1.807) is 0 Å². The van der Waals surface area contributed by atoms with Crippen LogP contribution in [0.25, 0.3) is 0 Å². The Bertz CT molecular complexity index is 333. The van der Waals surface area contributed by atoms with Crippen LogP contribution >= 0.6 is 15.9 Å². The minimum atomic E-state index is -2.69. The fraction of sp³-hybridized carbons (Fsp3) is 0.375. The average Bonchev–Trinajstić information content (AvgIpc) is 2.17. The molecule has 0 amide bonds. The molecule has 6 heteroatoms. The summed E-state index contributed by atoms with van der Waals surface area (Å²) in [6, 6.07) is 1.52. The number of halogens is 3. The summed E-state index contributed by atoms with van der Waals surface area (Å²) in [4.78, 5) is 3.70. The van der Waals surface area contributed by atoms with E-state index in [0.29, 0.717) is 11.0 Å². The van der Waals surface area contributed by atoms with Crippen molar-refractivity contribution in [2.45, 2.75) is 11.8 Å². The molecule has 1 heterocycles. The lowest BCUT2D eigenvalue weighted by Gasteiger charge is -2.10. The van der Waals surface area contributed by atoms with Gasteiger partial charge >= 0.3 is 0 Å². The summed E-state index contributed by atoms with van der Waals surface area (Å²) in [5, 5.41) is 0.378. The summed E-state index contributed by atoms with van der Waals surface area (Å²) in [5.74, 6) is 0.227. The number of nitrogens with zero attached hydrogens (tertiary/aromatic N) is 1. The molecule has 14 heavy (non-hydrogen) atoms. The number of methoxy groups -OCH3 is 1. The maximum absolute atomic E-state index is 12.4. The molecule has 0 saturated carbocycles. The standard InChI is InChI=1S/C8H9BrF2N2O/c1-14-5-2-4(3-9)13-7(6(5)12)8(10)11/h2,8H,3,12H2,1H3. The first kappa shape index (κ1) is 11.2. The molecule has 1 rings (SSSR count). The maximum Gasteiger partial charge on any atom is 0.282 e. The lowest BCUT2D eigenvalue weighted by atomic mass is 10.2. The summed E-state index contributed by atoms with van der Waals surface area (Å²) < 4.78 is 29.8. The number of nitrogens with two attached hydrogens (primary N) is 1. The molecule has 0 aromatic carbocycles. The molecule has 1 aromatic heterocycles. The van der Waals surface area contributed by atoms with Gasteiger partial charge in [-0.05, 0) is 0 Å². The molecule has 0 saturated heterocycles. The molecule has 0 aliphatic rings. The highest BCUT2D eigenvalue weighted by Crippen LogP contribution is 2.31. The summed E-state index contributed by atoms with van der Waals surface area (Å²) in [6.45, 7) is 0. The Kier molecular flexibility index (Phi) is 3.62. The van der Waals surface area contributed by atoms with Gasteiger partial charge in [-0.1, -0.05) is 15.9 Å². The summed E-state index contributed by atoms with van der Waals surface area (Å²) in [5.41, 5.74) is 5.36. The van der Waals surface area contributed by atoms with Crippen LogP contribution in [0.3, 0.4) is 0 Å². The summed E-state index contributed by atoms with van der Waals surface area (Å²) in [7, 11) is 1.37. The number of alkyl halides is 3. The van der Waals surface area contributed by atoms with Crippen LogP contribution in [0.1, 0.15) is 17.8 Å². The van der Waals surface area contributed by atoms with Gasteiger partial charge in [0.2, 0.25) is 0 Å². The maximum atomic E-state index is 12.4. The molecule has 78 valence electrons. The second-order valence-corrected chi connectivity index (χ2v) is 3.11. The molecular weight excluding hydrogens is 258 g/mol. The predicted octanol–water partition coefficient (Wildman–Crippen LogP) is 2.50. The van der Waals surface area contributed by atoms with Crippen LogP contribution in [0.2, 0.25) is 0 Å². The zero-order valence-corrected chi connectivity index (χ0v) is 9.01. The van der Waals surface area contributed by atoms with Crippen molar-refractivity contribution in [3.05, 3.63) is 17.5 Å². The molecule has 0 radical (unpaired) electrons. The third-order valence-electron chi connectivity index (χ3n) is 1.67. The van der Waals surface area contributed by atoms with Crippen molar-refractivity contribution in [1.82, 2.24) is 4.98 Å².